The van der Waals surface area contributed by atoms with Gasteiger partial charge in [-0.2, -0.15) is 5.26 Å². The Morgan fingerprint density at radius 2 is 2.35 bits per heavy atom. The molecule has 1 aliphatic heterocycles. The molecule has 3 rings (SSSR count). The van der Waals surface area contributed by atoms with Gasteiger partial charge in [0.05, 0.1) is 19.1 Å². The molecule has 2 saturated carbocycles. The predicted octanol–water partition coefficient (Wildman–Crippen LogP) is 0.497. The van der Waals surface area contributed by atoms with E-state index in [1.165, 1.54) is 7.11 Å². The van der Waals surface area contributed by atoms with Crippen molar-refractivity contribution in [3.63, 3.8) is 0 Å². The summed E-state index contributed by atoms with van der Waals surface area (Å²) in [6.45, 7) is 1.98. The summed E-state index contributed by atoms with van der Waals surface area (Å²) in [5, 5.41) is 9.38. The first-order valence-electron chi connectivity index (χ1n) is 5.78. The molecular weight excluding hydrogens is 222 g/mol. The zero-order chi connectivity index (χ0) is 12.4. The van der Waals surface area contributed by atoms with Crippen molar-refractivity contribution in [3.8, 4) is 6.07 Å². The number of carbonyl (C=O) groups is 2. The summed E-state index contributed by atoms with van der Waals surface area (Å²) >= 11 is 0. The molecule has 5 nitrogen and oxygen atoms in total. The monoisotopic (exact) mass is 235 g/mol. The summed E-state index contributed by atoms with van der Waals surface area (Å²) in [5.41, 5.74) is -1.28. The van der Waals surface area contributed by atoms with Crippen molar-refractivity contribution < 1.29 is 19.1 Å². The quantitative estimate of drug-likeness (QED) is 0.618. The minimum absolute atomic E-state index is 0.0311. The Morgan fingerprint density at radius 1 is 1.65 bits per heavy atom. The molecule has 0 amide bonds. The van der Waals surface area contributed by atoms with Crippen LogP contribution in [0.5, 0.6) is 0 Å². The van der Waals surface area contributed by atoms with Gasteiger partial charge < -0.3 is 9.47 Å². The van der Waals surface area contributed by atoms with Crippen molar-refractivity contribution in [2.24, 2.45) is 29.1 Å². The van der Waals surface area contributed by atoms with Crippen molar-refractivity contribution in [1.29, 1.82) is 5.26 Å². The number of fused-ring (bicyclic) bond motifs is 1. The van der Waals surface area contributed by atoms with Gasteiger partial charge in [-0.1, -0.05) is 6.92 Å². The lowest BCUT2D eigenvalue weighted by molar-refractivity contribution is -0.157. The third-order valence-corrected chi connectivity index (χ3v) is 4.84. The fourth-order valence-corrected chi connectivity index (χ4v) is 4.08. The molecular formula is C12H13NO4. The Bertz CT molecular complexity index is 454. The maximum atomic E-state index is 12.0. The SMILES string of the molecule is COC(=O)C1C2CC3C(OC(=O)C31C#N)C2C. The summed E-state index contributed by atoms with van der Waals surface area (Å²) in [6, 6.07) is 2.06. The van der Waals surface area contributed by atoms with E-state index in [-0.39, 0.29) is 23.9 Å². The van der Waals surface area contributed by atoms with Crippen molar-refractivity contribution in [2.75, 3.05) is 7.11 Å². The van der Waals surface area contributed by atoms with E-state index in [0.29, 0.717) is 6.42 Å². The second kappa shape index (κ2) is 3.00. The Balaban J connectivity index is 2.14. The predicted molar refractivity (Wildman–Crippen MR) is 54.2 cm³/mol. The average molecular weight is 235 g/mol. The van der Waals surface area contributed by atoms with Crippen LogP contribution in [0.1, 0.15) is 13.3 Å². The van der Waals surface area contributed by atoms with Crippen molar-refractivity contribution in [3.05, 3.63) is 0 Å². The van der Waals surface area contributed by atoms with Crippen LogP contribution in [0.2, 0.25) is 0 Å². The zero-order valence-electron chi connectivity index (χ0n) is 9.67. The fourth-order valence-electron chi connectivity index (χ4n) is 4.08. The number of esters is 2. The lowest BCUT2D eigenvalue weighted by Crippen LogP contribution is -2.45. The van der Waals surface area contributed by atoms with Crippen LogP contribution in [-0.4, -0.2) is 25.2 Å². The molecule has 0 aromatic heterocycles. The Labute approximate surface area is 98.7 Å². The first kappa shape index (κ1) is 10.6. The van der Waals surface area contributed by atoms with Crippen LogP contribution in [0.4, 0.5) is 0 Å². The van der Waals surface area contributed by atoms with Crippen LogP contribution in [0.3, 0.4) is 0 Å². The van der Waals surface area contributed by atoms with Gasteiger partial charge in [0.1, 0.15) is 6.10 Å². The van der Waals surface area contributed by atoms with Crippen molar-refractivity contribution >= 4 is 11.9 Å². The van der Waals surface area contributed by atoms with E-state index in [9.17, 15) is 14.9 Å². The number of hydrogen-bond donors (Lipinski definition) is 0. The molecule has 6 atom stereocenters. The van der Waals surface area contributed by atoms with E-state index < -0.39 is 23.3 Å². The van der Waals surface area contributed by atoms with Crippen LogP contribution >= 0.6 is 0 Å². The second-order valence-electron chi connectivity index (χ2n) is 5.22. The number of hydrogen-bond acceptors (Lipinski definition) is 5. The fraction of sp³-hybridized carbons (Fsp3) is 0.750. The molecule has 1 saturated heterocycles. The second-order valence-corrected chi connectivity index (χ2v) is 5.22. The van der Waals surface area contributed by atoms with Crippen LogP contribution < -0.4 is 0 Å². The van der Waals surface area contributed by atoms with Gasteiger partial charge in [0.15, 0.2) is 5.41 Å². The third kappa shape index (κ3) is 0.912. The number of ether oxygens (including phenoxy) is 2. The Kier molecular flexibility index (Phi) is 1.87. The molecule has 90 valence electrons. The molecule has 0 spiro atoms. The molecule has 5 heteroatoms. The molecule has 0 aromatic carbocycles. The molecule has 17 heavy (non-hydrogen) atoms. The van der Waals surface area contributed by atoms with Gasteiger partial charge in [0.25, 0.3) is 0 Å². The minimum Gasteiger partial charge on any atom is -0.469 e. The maximum absolute atomic E-state index is 12.0. The van der Waals surface area contributed by atoms with Gasteiger partial charge in [-0.05, 0) is 18.3 Å². The largest absolute Gasteiger partial charge is 0.469 e. The average Bonchev–Trinajstić information content (AvgIpc) is 2.89. The van der Waals surface area contributed by atoms with Crippen LogP contribution in [0, 0.1) is 40.4 Å². The number of methoxy groups -OCH3 is 1. The van der Waals surface area contributed by atoms with Crippen LogP contribution in [0.15, 0.2) is 0 Å². The van der Waals surface area contributed by atoms with E-state index in [1.54, 1.807) is 0 Å². The Hall–Kier alpha value is -1.57. The van der Waals surface area contributed by atoms with E-state index >= 15 is 0 Å². The van der Waals surface area contributed by atoms with Gasteiger partial charge in [0.2, 0.25) is 0 Å². The molecule has 3 aliphatic rings. The highest BCUT2D eigenvalue weighted by molar-refractivity contribution is 5.92. The summed E-state index contributed by atoms with van der Waals surface area (Å²) in [7, 11) is 1.29. The molecule has 2 bridgehead atoms. The van der Waals surface area contributed by atoms with Gasteiger partial charge in [-0.25, -0.2) is 0 Å². The topological polar surface area (TPSA) is 76.4 Å². The van der Waals surface area contributed by atoms with Crippen molar-refractivity contribution in [2.45, 2.75) is 19.4 Å². The van der Waals surface area contributed by atoms with E-state index in [4.69, 9.17) is 9.47 Å². The highest BCUT2D eigenvalue weighted by Crippen LogP contribution is 2.66. The van der Waals surface area contributed by atoms with E-state index in [0.717, 1.165) is 0 Å². The summed E-state index contributed by atoms with van der Waals surface area (Å²) < 4.78 is 10.1. The Morgan fingerprint density at radius 3 is 2.94 bits per heavy atom. The lowest BCUT2D eigenvalue weighted by atomic mass is 9.65. The first-order chi connectivity index (χ1) is 8.07. The summed E-state index contributed by atoms with van der Waals surface area (Å²) in [6.07, 6.45) is 0.526. The molecule has 3 fully saturated rings. The minimum atomic E-state index is -1.28. The molecule has 0 radical (unpaired) electrons. The lowest BCUT2D eigenvalue weighted by Gasteiger charge is -2.31. The van der Waals surface area contributed by atoms with E-state index in [2.05, 4.69) is 6.07 Å². The molecule has 2 aliphatic carbocycles. The standard InChI is InChI=1S/C12H13NO4/c1-5-6-3-7-9(5)17-11(15)12(7,4-13)8(6)10(14)16-2/h5-9H,3H2,1-2H3. The van der Waals surface area contributed by atoms with Crippen LogP contribution in [0.25, 0.3) is 0 Å². The summed E-state index contributed by atoms with van der Waals surface area (Å²) in [4.78, 5) is 23.8. The molecule has 1 heterocycles. The van der Waals surface area contributed by atoms with Gasteiger partial charge >= 0.3 is 11.9 Å². The van der Waals surface area contributed by atoms with E-state index in [1.807, 2.05) is 6.92 Å². The van der Waals surface area contributed by atoms with Gasteiger partial charge in [0, 0.05) is 5.92 Å². The van der Waals surface area contributed by atoms with Gasteiger partial charge in [-0.3, -0.25) is 9.59 Å². The number of carbonyl (C=O) groups excluding carboxylic acids is 2. The molecule has 0 aromatic rings. The summed E-state index contributed by atoms with van der Waals surface area (Å²) in [5.74, 6) is -1.60. The maximum Gasteiger partial charge on any atom is 0.328 e. The highest BCUT2D eigenvalue weighted by Gasteiger charge is 2.77. The number of nitriles is 1. The number of rotatable bonds is 1. The van der Waals surface area contributed by atoms with Gasteiger partial charge in [-0.15, -0.1) is 0 Å². The smallest absolute Gasteiger partial charge is 0.328 e. The normalized spacial score (nSPS) is 49.9. The highest BCUT2D eigenvalue weighted by atomic mass is 16.6. The zero-order valence-corrected chi connectivity index (χ0v) is 9.67. The van der Waals surface area contributed by atoms with Crippen LogP contribution in [-0.2, 0) is 19.1 Å². The van der Waals surface area contributed by atoms with Crippen molar-refractivity contribution in [1.82, 2.24) is 0 Å². The first-order valence-corrected chi connectivity index (χ1v) is 5.78. The molecule has 6 unspecified atom stereocenters. The number of nitrogens with zero attached hydrogens (tertiary/aromatic N) is 1. The third-order valence-electron chi connectivity index (χ3n) is 4.84. The molecule has 0 N–H and O–H groups in total.